The molecular weight excluding hydrogens is 274 g/mol. The van der Waals surface area contributed by atoms with Crippen LogP contribution in [0.3, 0.4) is 0 Å². The minimum Gasteiger partial charge on any atom is -0.461 e. The first kappa shape index (κ1) is 11.9. The topological polar surface area (TPSA) is 49.2 Å². The van der Waals surface area contributed by atoms with Crippen molar-refractivity contribution in [3.8, 4) is 6.01 Å². The number of hydrogen-bond acceptors (Lipinski definition) is 4. The third-order valence-electron chi connectivity index (χ3n) is 2.34. The van der Waals surface area contributed by atoms with Gasteiger partial charge in [0.15, 0.2) is 6.23 Å². The van der Waals surface area contributed by atoms with Gasteiger partial charge in [0.05, 0.1) is 6.10 Å². The number of hydrogen-bond donors (Lipinski definition) is 0. The van der Waals surface area contributed by atoms with E-state index in [9.17, 15) is 0 Å². The molecule has 0 aromatic carbocycles. The maximum absolute atomic E-state index is 5.66. The molecule has 6 heteroatoms. The molecule has 0 aliphatic carbocycles. The molecule has 1 aliphatic heterocycles. The van der Waals surface area contributed by atoms with Crippen LogP contribution in [0.5, 0.6) is 6.01 Å². The van der Waals surface area contributed by atoms with Crippen LogP contribution in [0.25, 0.3) is 0 Å². The average molecular weight is 290 g/mol. The second-order valence-electron chi connectivity index (χ2n) is 4.10. The van der Waals surface area contributed by atoms with E-state index in [1.165, 1.54) is 0 Å². The molecule has 0 spiro atoms. The van der Waals surface area contributed by atoms with Crippen LogP contribution in [0.2, 0.25) is 0 Å². The molecular formula is C10H16BrN3O2. The first-order valence-corrected chi connectivity index (χ1v) is 6.36. The van der Waals surface area contributed by atoms with Gasteiger partial charge < -0.3 is 9.47 Å². The molecule has 1 aromatic rings. The van der Waals surface area contributed by atoms with Gasteiger partial charge >= 0.3 is 6.01 Å². The van der Waals surface area contributed by atoms with Crippen LogP contribution in [-0.4, -0.2) is 27.5 Å². The van der Waals surface area contributed by atoms with Gasteiger partial charge in [-0.3, -0.25) is 0 Å². The van der Waals surface area contributed by atoms with Crippen LogP contribution in [0.4, 0.5) is 0 Å². The Morgan fingerprint density at radius 1 is 1.50 bits per heavy atom. The molecule has 0 radical (unpaired) electrons. The van der Waals surface area contributed by atoms with E-state index in [4.69, 9.17) is 9.47 Å². The molecule has 1 fully saturated rings. The third kappa shape index (κ3) is 2.74. The van der Waals surface area contributed by atoms with E-state index >= 15 is 0 Å². The highest BCUT2D eigenvalue weighted by Gasteiger charge is 2.22. The lowest BCUT2D eigenvalue weighted by molar-refractivity contribution is -0.0457. The van der Waals surface area contributed by atoms with Crippen molar-refractivity contribution in [1.82, 2.24) is 14.8 Å². The molecule has 1 aliphatic rings. The largest absolute Gasteiger partial charge is 0.461 e. The van der Waals surface area contributed by atoms with Crippen LogP contribution in [0, 0.1) is 0 Å². The van der Waals surface area contributed by atoms with Crippen molar-refractivity contribution in [2.45, 2.75) is 45.4 Å². The Labute approximate surface area is 103 Å². The highest BCUT2D eigenvalue weighted by atomic mass is 79.9. The lowest BCUT2D eigenvalue weighted by Crippen LogP contribution is -2.21. The SMILES string of the molecule is CC(C)Oc1nc(Br)nn1C1CCCCO1. The number of ether oxygens (including phenoxy) is 2. The van der Waals surface area contributed by atoms with Crippen LogP contribution in [0.1, 0.15) is 39.3 Å². The summed E-state index contributed by atoms with van der Waals surface area (Å²) in [6.45, 7) is 4.71. The average Bonchev–Trinajstić information content (AvgIpc) is 2.60. The Bertz CT molecular complexity index is 348. The van der Waals surface area contributed by atoms with Crippen molar-refractivity contribution in [1.29, 1.82) is 0 Å². The molecule has 1 atom stereocenters. The summed E-state index contributed by atoms with van der Waals surface area (Å²) in [7, 11) is 0. The van der Waals surface area contributed by atoms with Crippen molar-refractivity contribution in [3.05, 3.63) is 4.73 Å². The molecule has 5 nitrogen and oxygen atoms in total. The van der Waals surface area contributed by atoms with E-state index in [1.807, 2.05) is 13.8 Å². The van der Waals surface area contributed by atoms with E-state index in [2.05, 4.69) is 26.0 Å². The van der Waals surface area contributed by atoms with E-state index in [0.29, 0.717) is 10.7 Å². The second-order valence-corrected chi connectivity index (χ2v) is 4.81. The fraction of sp³-hybridized carbons (Fsp3) is 0.800. The molecule has 0 N–H and O–H groups in total. The molecule has 1 saturated heterocycles. The van der Waals surface area contributed by atoms with Crippen molar-refractivity contribution >= 4 is 15.9 Å². The minimum absolute atomic E-state index is 0.0405. The smallest absolute Gasteiger partial charge is 0.318 e. The van der Waals surface area contributed by atoms with Gasteiger partial charge in [0.2, 0.25) is 4.73 Å². The first-order chi connectivity index (χ1) is 7.66. The summed E-state index contributed by atoms with van der Waals surface area (Å²) in [6.07, 6.45) is 3.28. The molecule has 0 bridgehead atoms. The third-order valence-corrected chi connectivity index (χ3v) is 2.68. The molecule has 1 unspecified atom stereocenters. The molecule has 0 saturated carbocycles. The van der Waals surface area contributed by atoms with Crippen LogP contribution >= 0.6 is 15.9 Å². The highest BCUT2D eigenvalue weighted by molar-refractivity contribution is 9.10. The van der Waals surface area contributed by atoms with Gasteiger partial charge in [-0.15, -0.1) is 5.10 Å². The monoisotopic (exact) mass is 289 g/mol. The second kappa shape index (κ2) is 5.14. The Balaban J connectivity index is 2.17. The predicted molar refractivity (Wildman–Crippen MR) is 62.3 cm³/mol. The summed E-state index contributed by atoms with van der Waals surface area (Å²) in [4.78, 5) is 4.19. The van der Waals surface area contributed by atoms with Crippen molar-refractivity contribution in [2.75, 3.05) is 6.61 Å². The summed E-state index contributed by atoms with van der Waals surface area (Å²) in [6, 6.07) is 0.522. The first-order valence-electron chi connectivity index (χ1n) is 5.57. The molecule has 0 amide bonds. The van der Waals surface area contributed by atoms with Gasteiger partial charge in [0.25, 0.3) is 0 Å². The summed E-state index contributed by atoms with van der Waals surface area (Å²) < 4.78 is 13.5. The van der Waals surface area contributed by atoms with Gasteiger partial charge in [-0.05, 0) is 49.0 Å². The van der Waals surface area contributed by atoms with Crippen molar-refractivity contribution < 1.29 is 9.47 Å². The normalized spacial score (nSPS) is 21.4. The fourth-order valence-electron chi connectivity index (χ4n) is 1.68. The van der Waals surface area contributed by atoms with Crippen LogP contribution in [-0.2, 0) is 4.74 Å². The summed E-state index contributed by atoms with van der Waals surface area (Å²) in [5.74, 6) is 0. The quantitative estimate of drug-likeness (QED) is 0.858. The molecule has 1 aromatic heterocycles. The lowest BCUT2D eigenvalue weighted by Gasteiger charge is -2.23. The number of rotatable bonds is 3. The van der Waals surface area contributed by atoms with Crippen molar-refractivity contribution in [2.24, 2.45) is 0 Å². The maximum Gasteiger partial charge on any atom is 0.318 e. The van der Waals surface area contributed by atoms with Gasteiger partial charge in [-0.25, -0.2) is 0 Å². The predicted octanol–water partition coefficient (Wildman–Crippen LogP) is 2.53. The Morgan fingerprint density at radius 2 is 2.31 bits per heavy atom. The van der Waals surface area contributed by atoms with Crippen LogP contribution in [0.15, 0.2) is 4.73 Å². The zero-order valence-electron chi connectivity index (χ0n) is 9.52. The van der Waals surface area contributed by atoms with Gasteiger partial charge in [0.1, 0.15) is 0 Å². The zero-order valence-corrected chi connectivity index (χ0v) is 11.1. The fourth-order valence-corrected chi connectivity index (χ4v) is 2.00. The van der Waals surface area contributed by atoms with E-state index in [0.717, 1.165) is 25.9 Å². The summed E-state index contributed by atoms with van der Waals surface area (Å²) in [5, 5.41) is 4.26. The van der Waals surface area contributed by atoms with Crippen LogP contribution < -0.4 is 4.74 Å². The Hall–Kier alpha value is -0.620. The number of nitrogens with zero attached hydrogens (tertiary/aromatic N) is 3. The minimum atomic E-state index is -0.0405. The van der Waals surface area contributed by atoms with E-state index in [-0.39, 0.29) is 12.3 Å². The van der Waals surface area contributed by atoms with Crippen molar-refractivity contribution in [3.63, 3.8) is 0 Å². The molecule has 2 heterocycles. The summed E-state index contributed by atoms with van der Waals surface area (Å²) in [5.41, 5.74) is 0. The molecule has 2 rings (SSSR count). The lowest BCUT2D eigenvalue weighted by atomic mass is 10.2. The molecule has 16 heavy (non-hydrogen) atoms. The van der Waals surface area contributed by atoms with E-state index in [1.54, 1.807) is 4.68 Å². The van der Waals surface area contributed by atoms with E-state index < -0.39 is 0 Å². The number of halogens is 1. The van der Waals surface area contributed by atoms with Gasteiger partial charge in [-0.1, -0.05) is 0 Å². The zero-order chi connectivity index (χ0) is 11.5. The van der Waals surface area contributed by atoms with Gasteiger partial charge in [-0.2, -0.15) is 9.67 Å². The Morgan fingerprint density at radius 3 is 2.94 bits per heavy atom. The summed E-state index contributed by atoms with van der Waals surface area (Å²) >= 11 is 3.26. The maximum atomic E-state index is 5.66. The number of aromatic nitrogens is 3. The highest BCUT2D eigenvalue weighted by Crippen LogP contribution is 2.27. The molecule has 90 valence electrons. The standard InChI is InChI=1S/C10H16BrN3O2/c1-7(2)16-10-12-9(11)13-14(10)8-5-3-4-6-15-8/h7-8H,3-6H2,1-2H3. The Kier molecular flexibility index (Phi) is 3.81. The van der Waals surface area contributed by atoms with Gasteiger partial charge in [0, 0.05) is 6.61 Å².